The van der Waals surface area contributed by atoms with Crippen LogP contribution in [0.5, 0.6) is 0 Å². The van der Waals surface area contributed by atoms with Crippen molar-refractivity contribution in [3.05, 3.63) is 72.9 Å². The zero-order chi connectivity index (χ0) is 44.2. The van der Waals surface area contributed by atoms with Gasteiger partial charge in [-0.1, -0.05) is 189 Å². The van der Waals surface area contributed by atoms with Crippen LogP contribution in [0, 0.1) is 0 Å². The minimum absolute atomic E-state index is 0.0949. The molecule has 4 N–H and O–H groups in total. The Morgan fingerprint density at radius 3 is 1.37 bits per heavy atom. The molecule has 60 heavy (non-hydrogen) atoms. The summed E-state index contributed by atoms with van der Waals surface area (Å²) >= 11 is 0. The molecule has 0 amide bonds. The van der Waals surface area contributed by atoms with Crippen LogP contribution in [0.4, 0.5) is 0 Å². The summed E-state index contributed by atoms with van der Waals surface area (Å²) in [4.78, 5) is 46.0. The number of allylic oxidation sites excluding steroid dienone is 12. The van der Waals surface area contributed by atoms with Gasteiger partial charge < -0.3 is 25.2 Å². The van der Waals surface area contributed by atoms with Crippen LogP contribution in [0.1, 0.15) is 181 Å². The smallest absolute Gasteiger partial charge is 0.472 e. The number of carboxylic acid groups (broad SMARTS) is 1. The molecule has 0 bridgehead atoms. The third kappa shape index (κ3) is 41.6. The number of ether oxygens (including phenoxy) is 2. The van der Waals surface area contributed by atoms with Crippen LogP contribution in [0.3, 0.4) is 0 Å². The third-order valence-electron chi connectivity index (χ3n) is 9.48. The van der Waals surface area contributed by atoms with Crippen molar-refractivity contribution >= 4 is 25.7 Å². The number of carbonyl (C=O) groups excluding carboxylic acids is 2. The van der Waals surface area contributed by atoms with Crippen molar-refractivity contribution in [2.75, 3.05) is 19.8 Å². The first-order valence-corrected chi connectivity index (χ1v) is 24.5. The number of phosphoric ester groups is 1. The number of carbonyl (C=O) groups is 3. The predicted octanol–water partition coefficient (Wildman–Crippen LogP) is 12.5. The molecule has 0 heterocycles. The Balaban J connectivity index is 4.44. The average molecular weight is 864 g/mol. The maximum Gasteiger partial charge on any atom is 0.472 e. The molecule has 0 aromatic carbocycles. The van der Waals surface area contributed by atoms with E-state index in [4.69, 9.17) is 24.8 Å². The van der Waals surface area contributed by atoms with E-state index in [0.29, 0.717) is 12.8 Å². The summed E-state index contributed by atoms with van der Waals surface area (Å²) in [6.07, 6.45) is 51.2. The molecule has 0 rings (SSSR count). The van der Waals surface area contributed by atoms with Crippen molar-refractivity contribution < 1.29 is 47.5 Å². The van der Waals surface area contributed by atoms with Crippen LogP contribution in [0.15, 0.2) is 72.9 Å². The first-order chi connectivity index (χ1) is 29.1. The summed E-state index contributed by atoms with van der Waals surface area (Å²) in [5.74, 6) is -2.48. The van der Waals surface area contributed by atoms with Crippen LogP contribution < -0.4 is 5.73 Å². The van der Waals surface area contributed by atoms with Crippen molar-refractivity contribution in [3.8, 4) is 0 Å². The molecule has 3 atom stereocenters. The summed E-state index contributed by atoms with van der Waals surface area (Å²) in [6, 6.07) is -1.53. The van der Waals surface area contributed by atoms with E-state index in [1.54, 1.807) is 0 Å². The summed E-state index contributed by atoms with van der Waals surface area (Å²) in [5.41, 5.74) is 5.33. The van der Waals surface area contributed by atoms with E-state index >= 15 is 0 Å². The van der Waals surface area contributed by atoms with Gasteiger partial charge in [0.1, 0.15) is 12.6 Å². The lowest BCUT2D eigenvalue weighted by Gasteiger charge is -2.20. The maximum absolute atomic E-state index is 12.6. The molecule has 0 fully saturated rings. The van der Waals surface area contributed by atoms with Gasteiger partial charge in [0, 0.05) is 12.8 Å². The lowest BCUT2D eigenvalue weighted by molar-refractivity contribution is -0.161. The van der Waals surface area contributed by atoms with Gasteiger partial charge in [0.25, 0.3) is 0 Å². The zero-order valence-electron chi connectivity index (χ0n) is 37.3. The van der Waals surface area contributed by atoms with Gasteiger partial charge in [-0.2, -0.15) is 0 Å². The summed E-state index contributed by atoms with van der Waals surface area (Å²) < 4.78 is 32.7. The number of unbranched alkanes of at least 4 members (excludes halogenated alkanes) is 16. The molecule has 11 nitrogen and oxygen atoms in total. The largest absolute Gasteiger partial charge is 0.480 e. The maximum atomic E-state index is 12.6. The molecular weight excluding hydrogens is 781 g/mol. The van der Waals surface area contributed by atoms with E-state index in [1.807, 2.05) is 12.2 Å². The molecule has 0 aromatic heterocycles. The van der Waals surface area contributed by atoms with E-state index < -0.39 is 51.1 Å². The number of phosphoric acid groups is 1. The SMILES string of the molecule is CC/C=C\C/C=C\C/C=C\C/C=C\C/C=C\C/C=C\CCC(=O)OC[C@H](COP(=O)(O)OC[C@H](N)C(=O)O)OC(=O)CCCCCCCCCCCCCCCCCCC. The molecule has 0 aliphatic heterocycles. The molecule has 0 saturated carbocycles. The highest BCUT2D eigenvalue weighted by Gasteiger charge is 2.28. The predicted molar refractivity (Wildman–Crippen MR) is 244 cm³/mol. The Labute approximate surface area is 363 Å². The van der Waals surface area contributed by atoms with E-state index in [-0.39, 0.29) is 19.4 Å². The van der Waals surface area contributed by atoms with Gasteiger partial charge in [-0.15, -0.1) is 0 Å². The Morgan fingerprint density at radius 2 is 0.933 bits per heavy atom. The van der Waals surface area contributed by atoms with Crippen molar-refractivity contribution in [1.82, 2.24) is 0 Å². The van der Waals surface area contributed by atoms with Gasteiger partial charge in [0.15, 0.2) is 6.10 Å². The quantitative estimate of drug-likeness (QED) is 0.0231. The molecule has 0 spiro atoms. The van der Waals surface area contributed by atoms with E-state index in [2.05, 4.69) is 79.1 Å². The molecule has 0 aliphatic rings. The van der Waals surface area contributed by atoms with Gasteiger partial charge in [0.05, 0.1) is 13.2 Å². The van der Waals surface area contributed by atoms with Crippen LogP contribution >= 0.6 is 7.82 Å². The fraction of sp³-hybridized carbons (Fsp3) is 0.688. The fourth-order valence-electron chi connectivity index (χ4n) is 5.91. The highest BCUT2D eigenvalue weighted by molar-refractivity contribution is 7.47. The van der Waals surface area contributed by atoms with E-state index in [1.165, 1.54) is 83.5 Å². The molecule has 12 heteroatoms. The molecule has 0 saturated heterocycles. The Hall–Kier alpha value is -3.08. The first-order valence-electron chi connectivity index (χ1n) is 23.0. The first kappa shape index (κ1) is 56.9. The van der Waals surface area contributed by atoms with Crippen LogP contribution in [-0.4, -0.2) is 59.9 Å². The van der Waals surface area contributed by atoms with Gasteiger partial charge in [-0.05, 0) is 51.4 Å². The van der Waals surface area contributed by atoms with Crippen molar-refractivity contribution in [2.24, 2.45) is 5.73 Å². The molecular formula is C48H82NO10P. The number of nitrogens with two attached hydrogens (primary N) is 1. The van der Waals surface area contributed by atoms with Crippen molar-refractivity contribution in [1.29, 1.82) is 0 Å². The molecule has 0 aromatic rings. The normalized spacial score (nSPS) is 14.3. The van der Waals surface area contributed by atoms with Gasteiger partial charge in [-0.3, -0.25) is 23.4 Å². The molecule has 0 radical (unpaired) electrons. The number of aliphatic carboxylic acids is 1. The number of hydrogen-bond acceptors (Lipinski definition) is 9. The monoisotopic (exact) mass is 864 g/mol. The van der Waals surface area contributed by atoms with Crippen molar-refractivity contribution in [3.63, 3.8) is 0 Å². The standard InChI is InChI=1S/C48H82NO10P/c1-3-5-7-9-11-13-15-17-19-21-22-24-25-27-29-31-33-35-37-39-46(50)56-41-44(42-57-60(54,55)58-43-45(49)48(52)53)59-47(51)40-38-36-34-32-30-28-26-23-20-18-16-14-12-10-8-6-4-2/h5,7,11,13,17,19,22,24,27,29,33,35,44-45H,3-4,6,8-10,12,14-16,18,20-21,23,25-26,28,30-32,34,36-43,49H2,1-2H3,(H,52,53)(H,54,55)/b7-5-,13-11-,19-17-,24-22-,29-27-,35-33-/t44-,45+/m1/s1. The van der Waals surface area contributed by atoms with Gasteiger partial charge >= 0.3 is 25.7 Å². The number of hydrogen-bond donors (Lipinski definition) is 3. The van der Waals surface area contributed by atoms with Gasteiger partial charge in [-0.25, -0.2) is 4.57 Å². The summed E-state index contributed by atoms with van der Waals surface area (Å²) in [7, 11) is -4.74. The van der Waals surface area contributed by atoms with Crippen LogP contribution in [0.25, 0.3) is 0 Å². The molecule has 0 aliphatic carbocycles. The lowest BCUT2D eigenvalue weighted by atomic mass is 10.0. The Morgan fingerprint density at radius 1 is 0.533 bits per heavy atom. The second-order valence-electron chi connectivity index (χ2n) is 15.2. The Bertz CT molecular complexity index is 1290. The number of rotatable bonds is 42. The molecule has 1 unspecified atom stereocenters. The minimum atomic E-state index is -4.74. The third-order valence-corrected chi connectivity index (χ3v) is 10.4. The summed E-state index contributed by atoms with van der Waals surface area (Å²) in [6.45, 7) is 2.62. The van der Waals surface area contributed by atoms with E-state index in [0.717, 1.165) is 57.8 Å². The zero-order valence-corrected chi connectivity index (χ0v) is 38.2. The second-order valence-corrected chi connectivity index (χ2v) is 16.6. The van der Waals surface area contributed by atoms with Gasteiger partial charge in [0.2, 0.25) is 0 Å². The molecule has 344 valence electrons. The van der Waals surface area contributed by atoms with E-state index in [9.17, 15) is 23.8 Å². The Kier molecular flexibility index (Phi) is 40.4. The average Bonchev–Trinajstić information content (AvgIpc) is 3.22. The highest BCUT2D eigenvalue weighted by Crippen LogP contribution is 2.43. The summed E-state index contributed by atoms with van der Waals surface area (Å²) in [5, 5.41) is 8.90. The van der Waals surface area contributed by atoms with Crippen LogP contribution in [0.2, 0.25) is 0 Å². The lowest BCUT2D eigenvalue weighted by Crippen LogP contribution is -2.34. The number of carboxylic acids is 1. The highest BCUT2D eigenvalue weighted by atomic mass is 31.2. The number of esters is 2. The topological polar surface area (TPSA) is 172 Å². The van der Waals surface area contributed by atoms with Crippen molar-refractivity contribution in [2.45, 2.75) is 193 Å². The van der Waals surface area contributed by atoms with Crippen LogP contribution in [-0.2, 0) is 37.5 Å². The fourth-order valence-corrected chi connectivity index (χ4v) is 6.69. The second kappa shape index (κ2) is 42.6. The minimum Gasteiger partial charge on any atom is -0.480 e.